The summed E-state index contributed by atoms with van der Waals surface area (Å²) in [4.78, 5) is 0. The predicted molar refractivity (Wildman–Crippen MR) is 86.5 cm³/mol. The lowest BCUT2D eigenvalue weighted by Gasteiger charge is -2.26. The minimum Gasteiger partial charge on any atom is -0.383 e. The lowest BCUT2D eigenvalue weighted by Crippen LogP contribution is -2.44. The second-order valence-electron chi connectivity index (χ2n) is 6.33. The Labute approximate surface area is 131 Å². The lowest BCUT2D eigenvalue weighted by molar-refractivity contribution is -0.147. The molecule has 1 rings (SSSR count). The van der Waals surface area contributed by atoms with Crippen molar-refractivity contribution >= 4 is 8.07 Å². The number of methoxy groups -OCH3 is 1. The third-order valence-electron chi connectivity index (χ3n) is 3.06. The van der Waals surface area contributed by atoms with Gasteiger partial charge in [-0.25, -0.2) is 0 Å². The maximum atomic E-state index is 13.3. The van der Waals surface area contributed by atoms with Gasteiger partial charge in [0.25, 0.3) is 0 Å². The quantitative estimate of drug-likeness (QED) is 0.751. The van der Waals surface area contributed by atoms with Gasteiger partial charge in [-0.1, -0.05) is 61.7 Å². The van der Waals surface area contributed by atoms with Crippen molar-refractivity contribution in [1.29, 1.82) is 0 Å². The first-order valence-electron chi connectivity index (χ1n) is 7.19. The normalized spacial score (nSPS) is 16.0. The van der Waals surface area contributed by atoms with E-state index in [1.807, 2.05) is 25.7 Å². The summed E-state index contributed by atoms with van der Waals surface area (Å²) in [5, 5.41) is 2.67. The number of alkyl halides is 3. The molecular formula is C16H24F3NOSi. The number of benzene rings is 1. The van der Waals surface area contributed by atoms with Gasteiger partial charge in [0.05, 0.1) is 20.7 Å². The molecule has 1 N–H and O–H groups in total. The molecular weight excluding hydrogens is 307 g/mol. The van der Waals surface area contributed by atoms with Crippen LogP contribution in [0.25, 0.3) is 0 Å². The summed E-state index contributed by atoms with van der Waals surface area (Å²) < 4.78 is 44.9. The second kappa shape index (κ2) is 7.94. The molecule has 0 saturated heterocycles. The van der Waals surface area contributed by atoms with Gasteiger partial charge in [-0.3, -0.25) is 5.32 Å². The Balaban J connectivity index is 2.97. The van der Waals surface area contributed by atoms with E-state index in [2.05, 4.69) is 5.32 Å². The van der Waals surface area contributed by atoms with Crippen LogP contribution in [0.15, 0.2) is 42.1 Å². The summed E-state index contributed by atoms with van der Waals surface area (Å²) in [5.74, 6) is 0. The number of nitrogens with one attached hydrogen (secondary N) is 1. The minimum absolute atomic E-state index is 0.178. The summed E-state index contributed by atoms with van der Waals surface area (Å²) in [6.07, 6.45) is -3.09. The fourth-order valence-electron chi connectivity index (χ4n) is 1.95. The van der Waals surface area contributed by atoms with Gasteiger partial charge >= 0.3 is 6.18 Å². The van der Waals surface area contributed by atoms with Crippen molar-refractivity contribution in [1.82, 2.24) is 5.32 Å². The van der Waals surface area contributed by atoms with E-state index in [4.69, 9.17) is 4.74 Å². The fraction of sp³-hybridized carbons (Fsp3) is 0.500. The van der Waals surface area contributed by atoms with Gasteiger partial charge < -0.3 is 4.74 Å². The molecule has 2 atom stereocenters. The molecule has 0 aliphatic rings. The highest BCUT2D eigenvalue weighted by molar-refractivity contribution is 6.80. The molecule has 0 aliphatic heterocycles. The van der Waals surface area contributed by atoms with Crippen molar-refractivity contribution < 1.29 is 17.9 Å². The summed E-state index contributed by atoms with van der Waals surface area (Å²) in [6, 6.07) is 6.85. The van der Waals surface area contributed by atoms with Crippen molar-refractivity contribution in [2.45, 2.75) is 37.9 Å². The Hall–Kier alpha value is -1.11. The van der Waals surface area contributed by atoms with E-state index in [0.29, 0.717) is 0 Å². The largest absolute Gasteiger partial charge is 0.407 e. The van der Waals surface area contributed by atoms with Gasteiger partial charge in [0.2, 0.25) is 0 Å². The maximum Gasteiger partial charge on any atom is 0.407 e. The molecule has 0 spiro atoms. The molecule has 0 saturated carbocycles. The zero-order valence-electron chi connectivity index (χ0n) is 13.4. The molecule has 0 aromatic heterocycles. The highest BCUT2D eigenvalue weighted by atomic mass is 28.3. The smallest absolute Gasteiger partial charge is 0.383 e. The zero-order valence-corrected chi connectivity index (χ0v) is 14.4. The van der Waals surface area contributed by atoms with Crippen molar-refractivity contribution in [3.05, 3.63) is 47.7 Å². The molecule has 0 aliphatic carbocycles. The van der Waals surface area contributed by atoms with E-state index in [1.165, 1.54) is 13.2 Å². The average Bonchev–Trinajstić information content (AvgIpc) is 2.40. The first-order valence-corrected chi connectivity index (χ1v) is 10.8. The Bertz CT molecular complexity index is 469. The summed E-state index contributed by atoms with van der Waals surface area (Å²) in [5.41, 5.74) is 2.49. The van der Waals surface area contributed by atoms with Gasteiger partial charge in [0.1, 0.15) is 6.04 Å². The van der Waals surface area contributed by atoms with Crippen LogP contribution >= 0.6 is 0 Å². The highest BCUT2D eigenvalue weighted by Gasteiger charge is 2.39. The predicted octanol–water partition coefficient (Wildman–Crippen LogP) is 4.33. The molecule has 0 heterocycles. The van der Waals surface area contributed by atoms with Gasteiger partial charge in [0.15, 0.2) is 0 Å². The molecule has 1 unspecified atom stereocenters. The number of hydrogen-bond acceptors (Lipinski definition) is 2. The maximum absolute atomic E-state index is 13.3. The molecule has 0 amide bonds. The van der Waals surface area contributed by atoms with E-state index in [0.717, 1.165) is 5.56 Å². The molecule has 1 aromatic carbocycles. The van der Waals surface area contributed by atoms with Crippen LogP contribution in [0.4, 0.5) is 13.2 Å². The SMILES string of the molecule is COC[C@H](NC(/C=C/[Si](C)(C)C)C(F)(F)F)c1ccccc1. The number of hydrogen-bond donors (Lipinski definition) is 1. The molecule has 124 valence electrons. The standard InChI is InChI=1S/C16H24F3NOSi/c1-21-12-14(13-8-6-5-7-9-13)20-15(16(17,18)19)10-11-22(2,3)4/h5-11,14-15,20H,12H2,1-4H3/b11-10+/t14-,15?/m0/s1. The van der Waals surface area contributed by atoms with Crippen molar-refractivity contribution in [2.75, 3.05) is 13.7 Å². The average molecular weight is 331 g/mol. The first-order chi connectivity index (χ1) is 10.1. The van der Waals surface area contributed by atoms with Crippen LogP contribution in [0, 0.1) is 0 Å². The summed E-state index contributed by atoms with van der Waals surface area (Å²) in [6.45, 7) is 6.18. The molecule has 0 bridgehead atoms. The Morgan fingerprint density at radius 1 is 1.18 bits per heavy atom. The first kappa shape index (κ1) is 18.9. The van der Waals surface area contributed by atoms with E-state index in [-0.39, 0.29) is 6.61 Å². The van der Waals surface area contributed by atoms with E-state index < -0.39 is 26.3 Å². The number of ether oxygens (including phenoxy) is 1. The van der Waals surface area contributed by atoms with E-state index in [1.54, 1.807) is 30.0 Å². The number of halogens is 3. The van der Waals surface area contributed by atoms with Crippen molar-refractivity contribution in [3.8, 4) is 0 Å². The van der Waals surface area contributed by atoms with Crippen LogP contribution in [0.2, 0.25) is 19.6 Å². The third-order valence-corrected chi connectivity index (χ3v) is 4.25. The fourth-order valence-corrected chi connectivity index (χ4v) is 2.72. The van der Waals surface area contributed by atoms with Crippen LogP contribution in [0.5, 0.6) is 0 Å². The number of rotatable bonds is 7. The monoisotopic (exact) mass is 331 g/mol. The Kier molecular flexibility index (Phi) is 6.84. The third kappa shape index (κ3) is 6.77. The van der Waals surface area contributed by atoms with E-state index >= 15 is 0 Å². The van der Waals surface area contributed by atoms with Crippen LogP contribution in [0.3, 0.4) is 0 Å². The topological polar surface area (TPSA) is 21.3 Å². The minimum atomic E-state index is -4.34. The van der Waals surface area contributed by atoms with Gasteiger partial charge in [-0.15, -0.1) is 0 Å². The Morgan fingerprint density at radius 2 is 1.77 bits per heavy atom. The summed E-state index contributed by atoms with van der Waals surface area (Å²) in [7, 11) is -0.215. The van der Waals surface area contributed by atoms with Gasteiger partial charge in [0, 0.05) is 7.11 Å². The van der Waals surface area contributed by atoms with E-state index in [9.17, 15) is 13.2 Å². The Morgan fingerprint density at radius 3 is 2.23 bits per heavy atom. The zero-order chi connectivity index (χ0) is 16.8. The molecule has 0 radical (unpaired) electrons. The molecule has 1 aromatic rings. The second-order valence-corrected chi connectivity index (χ2v) is 11.4. The molecule has 22 heavy (non-hydrogen) atoms. The van der Waals surface area contributed by atoms with Crippen molar-refractivity contribution in [2.24, 2.45) is 0 Å². The molecule has 6 heteroatoms. The summed E-state index contributed by atoms with van der Waals surface area (Å²) >= 11 is 0. The van der Waals surface area contributed by atoms with Crippen LogP contribution in [0.1, 0.15) is 11.6 Å². The lowest BCUT2D eigenvalue weighted by atomic mass is 10.1. The van der Waals surface area contributed by atoms with Gasteiger partial charge in [-0.05, 0) is 5.56 Å². The van der Waals surface area contributed by atoms with Crippen LogP contribution in [-0.2, 0) is 4.74 Å². The molecule has 0 fully saturated rings. The van der Waals surface area contributed by atoms with Crippen molar-refractivity contribution in [3.63, 3.8) is 0 Å². The van der Waals surface area contributed by atoms with Gasteiger partial charge in [-0.2, -0.15) is 13.2 Å². The van der Waals surface area contributed by atoms with Crippen LogP contribution in [-0.4, -0.2) is 34.0 Å². The molecule has 2 nitrogen and oxygen atoms in total. The highest BCUT2D eigenvalue weighted by Crippen LogP contribution is 2.25. The van der Waals surface area contributed by atoms with Crippen LogP contribution < -0.4 is 5.32 Å².